The van der Waals surface area contributed by atoms with Crippen molar-refractivity contribution in [1.29, 1.82) is 0 Å². The maximum atomic E-state index is 12.3. The van der Waals surface area contributed by atoms with Crippen LogP contribution in [0.1, 0.15) is 5.56 Å². The summed E-state index contributed by atoms with van der Waals surface area (Å²) in [5.41, 5.74) is 3.34. The molecule has 3 aromatic carbocycles. The van der Waals surface area contributed by atoms with E-state index in [4.69, 9.17) is 33.3 Å². The van der Waals surface area contributed by atoms with Crippen LogP contribution >= 0.6 is 0 Å². The average Bonchev–Trinajstić information content (AvgIpc) is 2.93. The molecular weight excluding hydrogens is 478 g/mol. The van der Waals surface area contributed by atoms with Gasteiger partial charge in [-0.25, -0.2) is 5.48 Å². The third-order valence-electron chi connectivity index (χ3n) is 5.24. The van der Waals surface area contributed by atoms with Gasteiger partial charge in [-0.3, -0.25) is 9.63 Å². The number of amides is 1. The van der Waals surface area contributed by atoms with E-state index in [0.29, 0.717) is 49.4 Å². The molecule has 0 atom stereocenters. The molecule has 4 rings (SSSR count). The first-order valence-electron chi connectivity index (χ1n) is 12.1. The second-order valence-corrected chi connectivity index (χ2v) is 8.06. The number of carbonyl (C=O) groups is 1. The lowest BCUT2D eigenvalue weighted by Gasteiger charge is -2.21. The molecule has 1 aliphatic heterocycles. The van der Waals surface area contributed by atoms with Crippen molar-refractivity contribution in [1.82, 2.24) is 5.48 Å². The van der Waals surface area contributed by atoms with Crippen LogP contribution in [0.4, 0.5) is 0 Å². The molecule has 9 heteroatoms. The SMILES string of the molecule is O=C(COC1COc2ccccc2OCCOCCOc2ccccc2OC1)NOCc1ccccc1. The van der Waals surface area contributed by atoms with E-state index >= 15 is 0 Å². The Morgan fingerprint density at radius 2 is 1.22 bits per heavy atom. The van der Waals surface area contributed by atoms with E-state index in [-0.39, 0.29) is 26.4 Å². The van der Waals surface area contributed by atoms with Gasteiger partial charge in [-0.2, -0.15) is 0 Å². The largest absolute Gasteiger partial charge is 0.487 e. The summed E-state index contributed by atoms with van der Waals surface area (Å²) in [5, 5.41) is 0. The molecule has 1 N–H and O–H groups in total. The van der Waals surface area contributed by atoms with Crippen molar-refractivity contribution in [2.24, 2.45) is 0 Å². The minimum Gasteiger partial charge on any atom is -0.487 e. The molecule has 196 valence electrons. The highest BCUT2D eigenvalue weighted by molar-refractivity contribution is 5.76. The number of hydrogen-bond acceptors (Lipinski definition) is 8. The smallest absolute Gasteiger partial charge is 0.269 e. The van der Waals surface area contributed by atoms with Gasteiger partial charge in [0.15, 0.2) is 23.0 Å². The Bertz CT molecular complexity index is 1040. The maximum Gasteiger partial charge on any atom is 0.269 e. The van der Waals surface area contributed by atoms with Gasteiger partial charge in [0.1, 0.15) is 39.1 Å². The first-order valence-corrected chi connectivity index (χ1v) is 12.1. The molecule has 0 aromatic heterocycles. The molecule has 0 saturated heterocycles. The fourth-order valence-corrected chi connectivity index (χ4v) is 3.41. The van der Waals surface area contributed by atoms with Gasteiger partial charge in [-0.1, -0.05) is 54.6 Å². The summed E-state index contributed by atoms with van der Waals surface area (Å²) >= 11 is 0. The fourth-order valence-electron chi connectivity index (χ4n) is 3.41. The van der Waals surface area contributed by atoms with E-state index in [0.717, 1.165) is 5.56 Å². The zero-order valence-electron chi connectivity index (χ0n) is 20.5. The number of rotatable bonds is 6. The predicted octanol–water partition coefficient (Wildman–Crippen LogP) is 3.57. The second kappa shape index (κ2) is 14.7. The van der Waals surface area contributed by atoms with Gasteiger partial charge in [-0.05, 0) is 29.8 Å². The second-order valence-electron chi connectivity index (χ2n) is 8.06. The molecule has 0 radical (unpaired) electrons. The zero-order valence-corrected chi connectivity index (χ0v) is 20.5. The summed E-state index contributed by atoms with van der Waals surface area (Å²) < 4.78 is 35.0. The lowest BCUT2D eigenvalue weighted by atomic mass is 10.2. The zero-order chi connectivity index (χ0) is 25.5. The molecule has 0 spiro atoms. The van der Waals surface area contributed by atoms with Crippen molar-refractivity contribution in [3.8, 4) is 23.0 Å². The summed E-state index contributed by atoms with van der Waals surface area (Å²) in [7, 11) is 0. The highest BCUT2D eigenvalue weighted by atomic mass is 16.7. The molecule has 0 unspecified atom stereocenters. The Kier molecular flexibility index (Phi) is 10.4. The molecule has 1 amide bonds. The molecule has 0 aliphatic carbocycles. The van der Waals surface area contributed by atoms with Crippen LogP contribution in [0.5, 0.6) is 23.0 Å². The van der Waals surface area contributed by atoms with Crippen molar-refractivity contribution in [2.45, 2.75) is 12.7 Å². The predicted molar refractivity (Wildman–Crippen MR) is 135 cm³/mol. The molecule has 9 nitrogen and oxygen atoms in total. The van der Waals surface area contributed by atoms with Crippen LogP contribution < -0.4 is 24.4 Å². The standard InChI is InChI=1S/C28H31NO8/c30-28(29-37-18-22-8-2-1-3-9-22)21-34-23-19-35-26-12-6-4-10-24(26)32-16-14-31-15-17-33-25-11-5-7-13-27(25)36-20-23/h1-13,23H,14-21H2,(H,29,30). The van der Waals surface area contributed by atoms with E-state index < -0.39 is 12.0 Å². The number of fused-ring (bicyclic) bond motifs is 2. The van der Waals surface area contributed by atoms with Crippen LogP contribution in [0, 0.1) is 0 Å². The molecule has 1 aliphatic rings. The van der Waals surface area contributed by atoms with E-state index in [1.165, 1.54) is 0 Å². The van der Waals surface area contributed by atoms with Gasteiger partial charge in [-0.15, -0.1) is 0 Å². The summed E-state index contributed by atoms with van der Waals surface area (Å²) in [6, 6.07) is 24.2. The topological polar surface area (TPSA) is 93.7 Å². The van der Waals surface area contributed by atoms with Crippen LogP contribution in [-0.4, -0.2) is 58.3 Å². The van der Waals surface area contributed by atoms with Crippen LogP contribution in [0.15, 0.2) is 78.9 Å². The Balaban J connectivity index is 1.37. The van der Waals surface area contributed by atoms with Crippen molar-refractivity contribution < 1.29 is 38.1 Å². The van der Waals surface area contributed by atoms with Crippen molar-refractivity contribution in [3.05, 3.63) is 84.4 Å². The molecule has 0 bridgehead atoms. The number of carbonyl (C=O) groups excluding carboxylic acids is 1. The lowest BCUT2D eigenvalue weighted by molar-refractivity contribution is -0.142. The number of nitrogens with one attached hydrogen (secondary N) is 1. The van der Waals surface area contributed by atoms with Crippen LogP contribution in [0.3, 0.4) is 0 Å². The molecule has 3 aromatic rings. The third-order valence-corrected chi connectivity index (χ3v) is 5.24. The third kappa shape index (κ3) is 8.98. The highest BCUT2D eigenvalue weighted by Gasteiger charge is 2.17. The Hall–Kier alpha value is -3.79. The van der Waals surface area contributed by atoms with Crippen molar-refractivity contribution in [2.75, 3.05) is 46.2 Å². The van der Waals surface area contributed by atoms with E-state index in [2.05, 4.69) is 5.48 Å². The summed E-state index contributed by atoms with van der Waals surface area (Å²) in [6.45, 7) is 1.80. The Morgan fingerprint density at radius 3 is 1.78 bits per heavy atom. The van der Waals surface area contributed by atoms with Gasteiger partial charge in [0, 0.05) is 0 Å². The number of para-hydroxylation sites is 4. The quantitative estimate of drug-likeness (QED) is 0.504. The van der Waals surface area contributed by atoms with Gasteiger partial charge >= 0.3 is 0 Å². The lowest BCUT2D eigenvalue weighted by Crippen LogP contribution is -2.34. The van der Waals surface area contributed by atoms with Crippen molar-refractivity contribution >= 4 is 5.91 Å². The van der Waals surface area contributed by atoms with Crippen molar-refractivity contribution in [3.63, 3.8) is 0 Å². The normalized spacial score (nSPS) is 15.0. The van der Waals surface area contributed by atoms with Gasteiger partial charge in [0.2, 0.25) is 0 Å². The molecule has 0 saturated carbocycles. The van der Waals surface area contributed by atoms with Gasteiger partial charge in [0.05, 0.1) is 19.8 Å². The van der Waals surface area contributed by atoms with Gasteiger partial charge < -0.3 is 28.4 Å². The number of hydrogen-bond donors (Lipinski definition) is 1. The summed E-state index contributed by atoms with van der Waals surface area (Å²) in [6.07, 6.45) is -0.572. The van der Waals surface area contributed by atoms with E-state index in [1.807, 2.05) is 78.9 Å². The minimum absolute atomic E-state index is 0.123. The molecular formula is C28H31NO8. The van der Waals surface area contributed by atoms with E-state index in [9.17, 15) is 4.79 Å². The van der Waals surface area contributed by atoms with Crippen LogP contribution in [-0.2, 0) is 25.7 Å². The van der Waals surface area contributed by atoms with Crippen LogP contribution in [0.25, 0.3) is 0 Å². The number of ether oxygens (including phenoxy) is 6. The molecule has 1 heterocycles. The fraction of sp³-hybridized carbons (Fsp3) is 0.321. The van der Waals surface area contributed by atoms with E-state index in [1.54, 1.807) is 0 Å². The number of benzene rings is 3. The van der Waals surface area contributed by atoms with Gasteiger partial charge in [0.25, 0.3) is 5.91 Å². The minimum atomic E-state index is -0.572. The first-order chi connectivity index (χ1) is 18.3. The first kappa shape index (κ1) is 26.3. The Labute approximate surface area is 216 Å². The maximum absolute atomic E-state index is 12.3. The average molecular weight is 510 g/mol. The molecule has 0 fully saturated rings. The summed E-state index contributed by atoms with van der Waals surface area (Å²) in [4.78, 5) is 17.6. The Morgan fingerprint density at radius 1 is 0.703 bits per heavy atom. The molecule has 37 heavy (non-hydrogen) atoms. The summed E-state index contributed by atoms with van der Waals surface area (Å²) in [5.74, 6) is 1.87. The number of hydroxylamine groups is 1. The monoisotopic (exact) mass is 509 g/mol. The highest BCUT2D eigenvalue weighted by Crippen LogP contribution is 2.28. The van der Waals surface area contributed by atoms with Crippen LogP contribution in [0.2, 0.25) is 0 Å².